The Kier molecular flexibility index (Phi) is 2.49. The number of aromatic amines is 1. The number of fused-ring (bicyclic) bond motifs is 1. The second-order valence-electron chi connectivity index (χ2n) is 5.90. The molecule has 2 aliphatic rings. The molecule has 2 aromatic heterocycles. The van der Waals surface area contributed by atoms with Gasteiger partial charge in [-0.15, -0.1) is 0 Å². The van der Waals surface area contributed by atoms with Gasteiger partial charge in [-0.3, -0.25) is 9.89 Å². The first-order chi connectivity index (χ1) is 9.77. The number of hydrogen-bond acceptors (Lipinski definition) is 3. The summed E-state index contributed by atoms with van der Waals surface area (Å²) in [6, 6.07) is 5.39. The molecule has 20 heavy (non-hydrogen) atoms. The minimum atomic E-state index is -0.0801. The molecule has 2 aliphatic carbocycles. The predicted molar refractivity (Wildman–Crippen MR) is 73.1 cm³/mol. The molecule has 1 amide bonds. The highest BCUT2D eigenvalue weighted by Crippen LogP contribution is 2.53. The number of amides is 1. The zero-order chi connectivity index (χ0) is 13.6. The highest BCUT2D eigenvalue weighted by Gasteiger charge is 2.55. The van der Waals surface area contributed by atoms with Crippen LogP contribution in [0, 0.1) is 5.92 Å². The lowest BCUT2D eigenvalue weighted by atomic mass is 9.95. The van der Waals surface area contributed by atoms with Crippen LogP contribution < -0.4 is 5.32 Å². The number of carbonyl (C=O) groups is 1. The van der Waals surface area contributed by atoms with Gasteiger partial charge in [-0.05, 0) is 37.3 Å². The first kappa shape index (κ1) is 11.8. The summed E-state index contributed by atoms with van der Waals surface area (Å²) in [7, 11) is 0. The molecule has 2 unspecified atom stereocenters. The summed E-state index contributed by atoms with van der Waals surface area (Å²) in [4.78, 5) is 12.3. The summed E-state index contributed by atoms with van der Waals surface area (Å²) in [5, 5.41) is 10.1. The predicted octanol–water partition coefficient (Wildman–Crippen LogP) is 2.73. The normalized spacial score (nSPS) is 27.9. The highest BCUT2D eigenvalue weighted by atomic mass is 16.3. The van der Waals surface area contributed by atoms with Crippen molar-refractivity contribution >= 4 is 5.91 Å². The fraction of sp³-hybridized carbons (Fsp3) is 0.467. The Morgan fingerprint density at radius 1 is 1.50 bits per heavy atom. The molecular weight excluding hydrogens is 254 g/mol. The number of carbonyl (C=O) groups excluding carboxylic acids is 1. The molecule has 4 rings (SSSR count). The number of nitrogens with zero attached hydrogens (tertiary/aromatic N) is 1. The number of H-pyrrole nitrogens is 1. The lowest BCUT2D eigenvalue weighted by molar-refractivity contribution is 0.0914. The van der Waals surface area contributed by atoms with Crippen molar-refractivity contribution in [3.8, 4) is 11.5 Å². The molecule has 0 bridgehead atoms. The van der Waals surface area contributed by atoms with E-state index in [-0.39, 0.29) is 11.4 Å². The van der Waals surface area contributed by atoms with Crippen molar-refractivity contribution in [2.24, 2.45) is 5.92 Å². The molecule has 0 spiro atoms. The molecule has 2 fully saturated rings. The summed E-state index contributed by atoms with van der Waals surface area (Å²) in [5.74, 6) is 1.30. The molecule has 2 atom stereocenters. The third-order valence-electron chi connectivity index (χ3n) is 4.62. The monoisotopic (exact) mass is 271 g/mol. The summed E-state index contributed by atoms with van der Waals surface area (Å²) in [5.41, 5.74) is 1.23. The van der Waals surface area contributed by atoms with Crippen LogP contribution in [-0.2, 0) is 0 Å². The number of aromatic nitrogens is 2. The van der Waals surface area contributed by atoms with Crippen LogP contribution in [-0.4, -0.2) is 21.6 Å². The zero-order valence-electron chi connectivity index (χ0n) is 11.2. The Hall–Kier alpha value is -2.04. The van der Waals surface area contributed by atoms with Gasteiger partial charge in [0.15, 0.2) is 11.5 Å². The Balaban J connectivity index is 1.49. The van der Waals surface area contributed by atoms with E-state index < -0.39 is 0 Å². The second-order valence-corrected chi connectivity index (χ2v) is 5.90. The fourth-order valence-corrected chi connectivity index (χ4v) is 3.40. The lowest BCUT2D eigenvalue weighted by Gasteiger charge is -2.22. The molecule has 0 saturated heterocycles. The Labute approximate surface area is 116 Å². The Morgan fingerprint density at radius 2 is 2.45 bits per heavy atom. The van der Waals surface area contributed by atoms with Gasteiger partial charge in [0, 0.05) is 11.6 Å². The van der Waals surface area contributed by atoms with Crippen LogP contribution in [0.4, 0.5) is 0 Å². The van der Waals surface area contributed by atoms with Gasteiger partial charge < -0.3 is 9.73 Å². The standard InChI is InChI=1S/C15H17N3O2/c19-14(16-15-6-2-1-4-10(15)9-15)12-8-11(17-18-12)13-5-3-7-20-13/h3,5,7-8,10H,1-2,4,6,9H2,(H,16,19)(H,17,18). The fourth-order valence-electron chi connectivity index (χ4n) is 3.40. The largest absolute Gasteiger partial charge is 0.463 e. The first-order valence-electron chi connectivity index (χ1n) is 7.19. The van der Waals surface area contributed by atoms with E-state index in [2.05, 4.69) is 15.5 Å². The number of nitrogens with one attached hydrogen (secondary N) is 2. The van der Waals surface area contributed by atoms with Crippen LogP contribution in [0.2, 0.25) is 0 Å². The molecule has 2 saturated carbocycles. The van der Waals surface area contributed by atoms with Crippen LogP contribution in [0.5, 0.6) is 0 Å². The summed E-state index contributed by atoms with van der Waals surface area (Å²) >= 11 is 0. The zero-order valence-corrected chi connectivity index (χ0v) is 11.2. The maximum Gasteiger partial charge on any atom is 0.272 e. The van der Waals surface area contributed by atoms with Crippen LogP contribution in [0.25, 0.3) is 11.5 Å². The second kappa shape index (κ2) is 4.23. The minimum Gasteiger partial charge on any atom is -0.463 e. The summed E-state index contributed by atoms with van der Waals surface area (Å²) in [6.45, 7) is 0. The van der Waals surface area contributed by atoms with E-state index in [1.165, 1.54) is 19.3 Å². The molecule has 5 nitrogen and oxygen atoms in total. The van der Waals surface area contributed by atoms with Gasteiger partial charge in [0.25, 0.3) is 5.91 Å². The van der Waals surface area contributed by atoms with Crippen molar-refractivity contribution < 1.29 is 9.21 Å². The number of furan rings is 1. The van der Waals surface area contributed by atoms with Gasteiger partial charge in [0.05, 0.1) is 6.26 Å². The molecule has 104 valence electrons. The molecule has 0 radical (unpaired) electrons. The first-order valence-corrected chi connectivity index (χ1v) is 7.19. The van der Waals surface area contributed by atoms with Crippen LogP contribution >= 0.6 is 0 Å². The van der Waals surface area contributed by atoms with E-state index in [0.717, 1.165) is 18.5 Å². The van der Waals surface area contributed by atoms with Crippen LogP contribution in [0.3, 0.4) is 0 Å². The van der Waals surface area contributed by atoms with Crippen LogP contribution in [0.15, 0.2) is 28.9 Å². The van der Waals surface area contributed by atoms with E-state index >= 15 is 0 Å². The maximum atomic E-state index is 12.3. The molecule has 2 aromatic rings. The third kappa shape index (κ3) is 1.85. The van der Waals surface area contributed by atoms with E-state index in [4.69, 9.17) is 4.42 Å². The minimum absolute atomic E-state index is 0.0686. The Bertz CT molecular complexity index is 631. The van der Waals surface area contributed by atoms with E-state index in [1.54, 1.807) is 12.3 Å². The van der Waals surface area contributed by atoms with Crippen LogP contribution in [0.1, 0.15) is 42.6 Å². The number of rotatable bonds is 3. The molecule has 2 heterocycles. The molecule has 0 aliphatic heterocycles. The Morgan fingerprint density at radius 3 is 3.25 bits per heavy atom. The third-order valence-corrected chi connectivity index (χ3v) is 4.62. The highest BCUT2D eigenvalue weighted by molar-refractivity contribution is 5.94. The van der Waals surface area contributed by atoms with Crippen molar-refractivity contribution in [1.29, 1.82) is 0 Å². The summed E-state index contributed by atoms with van der Waals surface area (Å²) in [6.07, 6.45) is 7.61. The lowest BCUT2D eigenvalue weighted by Crippen LogP contribution is -2.40. The van der Waals surface area contributed by atoms with Crippen molar-refractivity contribution in [2.75, 3.05) is 0 Å². The average Bonchev–Trinajstić information content (AvgIpc) is 2.88. The van der Waals surface area contributed by atoms with Crippen molar-refractivity contribution in [2.45, 2.75) is 37.6 Å². The van der Waals surface area contributed by atoms with Gasteiger partial charge in [-0.25, -0.2) is 0 Å². The van der Waals surface area contributed by atoms with Crippen molar-refractivity contribution in [3.63, 3.8) is 0 Å². The van der Waals surface area contributed by atoms with Crippen molar-refractivity contribution in [3.05, 3.63) is 30.2 Å². The van der Waals surface area contributed by atoms with Gasteiger partial charge in [0.2, 0.25) is 0 Å². The van der Waals surface area contributed by atoms with Gasteiger partial charge in [-0.2, -0.15) is 5.10 Å². The molecule has 2 N–H and O–H groups in total. The van der Waals surface area contributed by atoms with E-state index in [1.807, 2.05) is 12.1 Å². The summed E-state index contributed by atoms with van der Waals surface area (Å²) < 4.78 is 5.29. The van der Waals surface area contributed by atoms with E-state index in [9.17, 15) is 4.79 Å². The maximum absolute atomic E-state index is 12.3. The topological polar surface area (TPSA) is 70.9 Å². The molecule has 5 heteroatoms. The smallest absolute Gasteiger partial charge is 0.272 e. The molecule has 0 aromatic carbocycles. The SMILES string of the molecule is O=C(NC12CCCCC1C2)c1cc(-c2ccco2)[nH]n1. The molecular formula is C15H17N3O2. The van der Waals surface area contributed by atoms with Gasteiger partial charge >= 0.3 is 0 Å². The van der Waals surface area contributed by atoms with Crippen molar-refractivity contribution in [1.82, 2.24) is 15.5 Å². The number of hydrogen-bond donors (Lipinski definition) is 2. The van der Waals surface area contributed by atoms with Gasteiger partial charge in [-0.1, -0.05) is 12.8 Å². The average molecular weight is 271 g/mol. The van der Waals surface area contributed by atoms with E-state index in [0.29, 0.717) is 17.4 Å². The van der Waals surface area contributed by atoms with Gasteiger partial charge in [0.1, 0.15) is 5.69 Å². The quantitative estimate of drug-likeness (QED) is 0.901.